The first-order valence-corrected chi connectivity index (χ1v) is 6.47. The molecule has 1 atom stereocenters. The lowest BCUT2D eigenvalue weighted by molar-refractivity contribution is -0.137. The molecule has 0 aromatic carbocycles. The molecule has 0 aliphatic rings. The summed E-state index contributed by atoms with van der Waals surface area (Å²) in [6.07, 6.45) is 0.329. The molecular formula is C9H18O5S. The van der Waals surface area contributed by atoms with Gasteiger partial charge in [-0.15, -0.1) is 0 Å². The second kappa shape index (κ2) is 6.07. The highest BCUT2D eigenvalue weighted by atomic mass is 32.2. The molecule has 0 heterocycles. The van der Waals surface area contributed by atoms with Crippen LogP contribution in [0.1, 0.15) is 20.3 Å². The molecule has 90 valence electrons. The zero-order chi connectivity index (χ0) is 12.1. The molecule has 5 nitrogen and oxygen atoms in total. The molecule has 15 heavy (non-hydrogen) atoms. The SMILES string of the molecule is COCCCS(=O)(=O)C(C(=O)O)C(C)C. The normalized spacial score (nSPS) is 14.1. The van der Waals surface area contributed by atoms with Gasteiger partial charge in [-0.3, -0.25) is 4.79 Å². The van der Waals surface area contributed by atoms with Gasteiger partial charge in [0.2, 0.25) is 0 Å². The van der Waals surface area contributed by atoms with Crippen LogP contribution in [0.2, 0.25) is 0 Å². The van der Waals surface area contributed by atoms with Crippen LogP contribution in [-0.2, 0) is 19.4 Å². The minimum absolute atomic E-state index is 0.143. The van der Waals surface area contributed by atoms with Crippen LogP contribution in [0.15, 0.2) is 0 Å². The van der Waals surface area contributed by atoms with Crippen molar-refractivity contribution in [1.82, 2.24) is 0 Å². The van der Waals surface area contributed by atoms with Gasteiger partial charge in [-0.1, -0.05) is 13.8 Å². The second-order valence-electron chi connectivity index (χ2n) is 3.72. The first-order valence-electron chi connectivity index (χ1n) is 4.76. The summed E-state index contributed by atoms with van der Waals surface area (Å²) in [7, 11) is -2.10. The van der Waals surface area contributed by atoms with Crippen molar-refractivity contribution in [2.45, 2.75) is 25.5 Å². The van der Waals surface area contributed by atoms with Gasteiger partial charge in [-0.2, -0.15) is 0 Å². The quantitative estimate of drug-likeness (QED) is 0.655. The fraction of sp³-hybridized carbons (Fsp3) is 0.889. The Balaban J connectivity index is 4.59. The maximum Gasteiger partial charge on any atom is 0.322 e. The Morgan fingerprint density at radius 3 is 2.27 bits per heavy atom. The summed E-state index contributed by atoms with van der Waals surface area (Å²) in [5, 5.41) is 7.51. The van der Waals surface area contributed by atoms with Gasteiger partial charge >= 0.3 is 5.97 Å². The summed E-state index contributed by atoms with van der Waals surface area (Å²) < 4.78 is 28.0. The van der Waals surface area contributed by atoms with E-state index < -0.39 is 27.0 Å². The lowest BCUT2D eigenvalue weighted by Gasteiger charge is -2.16. The predicted molar refractivity (Wildman–Crippen MR) is 56.5 cm³/mol. The lowest BCUT2D eigenvalue weighted by atomic mass is 10.1. The van der Waals surface area contributed by atoms with E-state index in [1.165, 1.54) is 7.11 Å². The monoisotopic (exact) mass is 238 g/mol. The molecule has 1 unspecified atom stereocenters. The first kappa shape index (κ1) is 14.4. The topological polar surface area (TPSA) is 80.7 Å². The molecule has 0 saturated heterocycles. The van der Waals surface area contributed by atoms with Gasteiger partial charge in [-0.05, 0) is 12.3 Å². The van der Waals surface area contributed by atoms with Crippen molar-refractivity contribution in [3.63, 3.8) is 0 Å². The molecule has 0 aliphatic carbocycles. The van der Waals surface area contributed by atoms with Gasteiger partial charge in [0, 0.05) is 13.7 Å². The number of ether oxygens (including phenoxy) is 1. The van der Waals surface area contributed by atoms with Crippen molar-refractivity contribution >= 4 is 15.8 Å². The smallest absolute Gasteiger partial charge is 0.322 e. The predicted octanol–water partition coefficient (Wildman–Crippen LogP) is 0.547. The fourth-order valence-corrected chi connectivity index (χ4v) is 3.30. The molecule has 0 rings (SSSR count). The number of carbonyl (C=O) groups is 1. The van der Waals surface area contributed by atoms with Gasteiger partial charge in [0.15, 0.2) is 15.1 Å². The third-order valence-corrected chi connectivity index (χ3v) is 4.39. The molecule has 0 aliphatic heterocycles. The highest BCUT2D eigenvalue weighted by molar-refractivity contribution is 7.92. The zero-order valence-corrected chi connectivity index (χ0v) is 10.1. The fourth-order valence-electron chi connectivity index (χ4n) is 1.38. The van der Waals surface area contributed by atoms with Gasteiger partial charge in [0.05, 0.1) is 5.75 Å². The van der Waals surface area contributed by atoms with Crippen LogP contribution in [0.25, 0.3) is 0 Å². The van der Waals surface area contributed by atoms with Crippen molar-refractivity contribution in [3.8, 4) is 0 Å². The van der Waals surface area contributed by atoms with Crippen LogP contribution in [0.4, 0.5) is 0 Å². The molecule has 0 bridgehead atoms. The van der Waals surface area contributed by atoms with E-state index in [2.05, 4.69) is 0 Å². The Bertz CT molecular complexity index is 294. The molecule has 0 amide bonds. The van der Waals surface area contributed by atoms with Crippen LogP contribution in [0.5, 0.6) is 0 Å². The van der Waals surface area contributed by atoms with E-state index in [9.17, 15) is 13.2 Å². The number of sulfone groups is 1. The average Bonchev–Trinajstić information content (AvgIpc) is 2.01. The maximum atomic E-state index is 11.7. The lowest BCUT2D eigenvalue weighted by Crippen LogP contribution is -2.36. The van der Waals surface area contributed by atoms with Crippen molar-refractivity contribution < 1.29 is 23.1 Å². The summed E-state index contributed by atoms with van der Waals surface area (Å²) in [5.41, 5.74) is 0. The number of carboxylic acid groups (broad SMARTS) is 1. The molecule has 0 spiro atoms. The number of carboxylic acids is 1. The number of hydrogen-bond acceptors (Lipinski definition) is 4. The standard InChI is InChI=1S/C9H18O5S/c1-7(2)8(9(10)11)15(12,13)6-4-5-14-3/h7-8H,4-6H2,1-3H3,(H,10,11). The molecule has 6 heteroatoms. The first-order chi connectivity index (χ1) is 6.83. The summed E-state index contributed by atoms with van der Waals surface area (Å²) in [4.78, 5) is 10.8. The minimum Gasteiger partial charge on any atom is -0.480 e. The summed E-state index contributed by atoms with van der Waals surface area (Å²) in [6, 6.07) is 0. The Morgan fingerprint density at radius 2 is 1.93 bits per heavy atom. The van der Waals surface area contributed by atoms with E-state index in [1.54, 1.807) is 13.8 Å². The summed E-state index contributed by atoms with van der Waals surface area (Å²) in [6.45, 7) is 3.50. The Morgan fingerprint density at radius 1 is 1.40 bits per heavy atom. The van der Waals surface area contributed by atoms with Crippen molar-refractivity contribution in [2.24, 2.45) is 5.92 Å². The van der Waals surface area contributed by atoms with Crippen LogP contribution in [0.3, 0.4) is 0 Å². The Hall–Kier alpha value is -0.620. The summed E-state index contributed by atoms with van der Waals surface area (Å²) >= 11 is 0. The largest absolute Gasteiger partial charge is 0.480 e. The second-order valence-corrected chi connectivity index (χ2v) is 5.96. The number of rotatable bonds is 7. The van der Waals surface area contributed by atoms with Crippen molar-refractivity contribution in [3.05, 3.63) is 0 Å². The highest BCUT2D eigenvalue weighted by Gasteiger charge is 2.34. The highest BCUT2D eigenvalue weighted by Crippen LogP contribution is 2.14. The van der Waals surface area contributed by atoms with E-state index in [0.717, 1.165) is 0 Å². The van der Waals surface area contributed by atoms with E-state index in [-0.39, 0.29) is 5.75 Å². The Labute approximate surface area is 90.4 Å². The summed E-state index contributed by atoms with van der Waals surface area (Å²) in [5.74, 6) is -1.84. The molecule has 0 aromatic rings. The van der Waals surface area contributed by atoms with Crippen molar-refractivity contribution in [2.75, 3.05) is 19.5 Å². The van der Waals surface area contributed by atoms with Crippen molar-refractivity contribution in [1.29, 1.82) is 0 Å². The molecule has 1 N–H and O–H groups in total. The van der Waals surface area contributed by atoms with Crippen LogP contribution < -0.4 is 0 Å². The van der Waals surface area contributed by atoms with Gasteiger partial charge in [0.1, 0.15) is 0 Å². The van der Waals surface area contributed by atoms with E-state index in [4.69, 9.17) is 9.84 Å². The van der Waals surface area contributed by atoms with Crippen LogP contribution >= 0.6 is 0 Å². The molecule has 0 fully saturated rings. The molecule has 0 aromatic heterocycles. The van der Waals surface area contributed by atoms with E-state index >= 15 is 0 Å². The van der Waals surface area contributed by atoms with Gasteiger partial charge < -0.3 is 9.84 Å². The Kier molecular flexibility index (Phi) is 5.82. The zero-order valence-electron chi connectivity index (χ0n) is 9.26. The van der Waals surface area contributed by atoms with Gasteiger partial charge in [0.25, 0.3) is 0 Å². The van der Waals surface area contributed by atoms with Crippen LogP contribution in [0, 0.1) is 5.92 Å². The average molecular weight is 238 g/mol. The number of aliphatic carboxylic acids is 1. The molecular weight excluding hydrogens is 220 g/mol. The molecule has 0 radical (unpaired) electrons. The maximum absolute atomic E-state index is 11.7. The number of methoxy groups -OCH3 is 1. The van der Waals surface area contributed by atoms with E-state index in [1.807, 2.05) is 0 Å². The van der Waals surface area contributed by atoms with Crippen LogP contribution in [-0.4, -0.2) is 44.2 Å². The number of hydrogen-bond donors (Lipinski definition) is 1. The molecule has 0 saturated carbocycles. The third-order valence-electron chi connectivity index (χ3n) is 2.01. The minimum atomic E-state index is -3.57. The van der Waals surface area contributed by atoms with E-state index in [0.29, 0.717) is 13.0 Å². The third kappa shape index (κ3) is 4.61. The van der Waals surface area contributed by atoms with Gasteiger partial charge in [-0.25, -0.2) is 8.42 Å².